The molecule has 0 spiro atoms. The molecule has 2 aromatic carbocycles. The van der Waals surface area contributed by atoms with Crippen LogP contribution in [0, 0.1) is 12.8 Å². The molecular formula is C22H30N4. The summed E-state index contributed by atoms with van der Waals surface area (Å²) in [5, 5.41) is 6.99. The summed E-state index contributed by atoms with van der Waals surface area (Å²) in [7, 11) is 2.21. The van der Waals surface area contributed by atoms with Crippen LogP contribution in [0.1, 0.15) is 24.0 Å². The van der Waals surface area contributed by atoms with E-state index in [1.165, 1.54) is 30.5 Å². The van der Waals surface area contributed by atoms with Crippen LogP contribution >= 0.6 is 0 Å². The van der Waals surface area contributed by atoms with Crippen LogP contribution in [0.25, 0.3) is 0 Å². The highest BCUT2D eigenvalue weighted by molar-refractivity contribution is 5.93. The molecule has 3 rings (SSSR count). The number of guanidine groups is 1. The van der Waals surface area contributed by atoms with E-state index in [1.54, 1.807) is 0 Å². The number of anilines is 1. The molecule has 1 aliphatic rings. The lowest BCUT2D eigenvalue weighted by atomic mass is 9.99. The van der Waals surface area contributed by atoms with Gasteiger partial charge in [0.15, 0.2) is 5.96 Å². The number of para-hydroxylation sites is 1. The Morgan fingerprint density at radius 2 is 1.88 bits per heavy atom. The minimum atomic E-state index is 0.674. The Balaban J connectivity index is 1.64. The Hall–Kier alpha value is -2.33. The fraction of sp³-hybridized carbons (Fsp3) is 0.409. The van der Waals surface area contributed by atoms with Crippen molar-refractivity contribution in [2.24, 2.45) is 10.9 Å². The molecule has 2 aromatic rings. The molecule has 1 fully saturated rings. The van der Waals surface area contributed by atoms with E-state index in [1.807, 2.05) is 18.2 Å². The number of nitrogens with one attached hydrogen (secondary N) is 2. The molecule has 4 heteroatoms. The van der Waals surface area contributed by atoms with Crippen LogP contribution in [0.5, 0.6) is 0 Å². The van der Waals surface area contributed by atoms with E-state index < -0.39 is 0 Å². The van der Waals surface area contributed by atoms with Crippen molar-refractivity contribution in [2.75, 3.05) is 32.0 Å². The summed E-state index contributed by atoms with van der Waals surface area (Å²) in [6.07, 6.45) is 2.57. The van der Waals surface area contributed by atoms with Gasteiger partial charge in [-0.3, -0.25) is 0 Å². The van der Waals surface area contributed by atoms with E-state index in [0.717, 1.165) is 24.7 Å². The van der Waals surface area contributed by atoms with Crippen LogP contribution in [0.2, 0.25) is 0 Å². The Morgan fingerprint density at radius 3 is 2.62 bits per heavy atom. The van der Waals surface area contributed by atoms with Crippen molar-refractivity contribution in [1.82, 2.24) is 10.2 Å². The lowest BCUT2D eigenvalue weighted by molar-refractivity contribution is 0.211. The zero-order valence-corrected chi connectivity index (χ0v) is 15.9. The number of hydrogen-bond donors (Lipinski definition) is 2. The predicted octanol–water partition coefficient (Wildman–Crippen LogP) is 3.89. The van der Waals surface area contributed by atoms with E-state index in [9.17, 15) is 0 Å². The third-order valence-corrected chi connectivity index (χ3v) is 4.86. The lowest BCUT2D eigenvalue weighted by Crippen LogP contribution is -2.41. The molecule has 1 aliphatic heterocycles. The monoisotopic (exact) mass is 350 g/mol. The predicted molar refractivity (Wildman–Crippen MR) is 111 cm³/mol. The van der Waals surface area contributed by atoms with Crippen LogP contribution in [0.3, 0.4) is 0 Å². The van der Waals surface area contributed by atoms with E-state index in [-0.39, 0.29) is 0 Å². The third-order valence-electron chi connectivity index (χ3n) is 4.86. The van der Waals surface area contributed by atoms with Crippen molar-refractivity contribution in [3.05, 3.63) is 65.7 Å². The van der Waals surface area contributed by atoms with Gasteiger partial charge in [-0.1, -0.05) is 48.0 Å². The summed E-state index contributed by atoms with van der Waals surface area (Å²) in [6, 6.07) is 18.8. The van der Waals surface area contributed by atoms with Gasteiger partial charge in [-0.2, -0.15) is 0 Å². The first-order valence-corrected chi connectivity index (χ1v) is 9.53. The SMILES string of the molecule is Cc1ccc(CN=C(NCC2CCCN(C)C2)Nc2ccccc2)cc1. The molecule has 0 radical (unpaired) electrons. The largest absolute Gasteiger partial charge is 0.356 e. The number of aliphatic imine (C=N–C) groups is 1. The normalized spacial score (nSPS) is 18.5. The number of piperidine rings is 1. The maximum atomic E-state index is 4.80. The minimum absolute atomic E-state index is 0.674. The Morgan fingerprint density at radius 1 is 1.12 bits per heavy atom. The van der Waals surface area contributed by atoms with Gasteiger partial charge >= 0.3 is 0 Å². The van der Waals surface area contributed by atoms with Gasteiger partial charge in [-0.25, -0.2) is 4.99 Å². The van der Waals surface area contributed by atoms with Crippen LogP contribution in [0.4, 0.5) is 5.69 Å². The molecule has 138 valence electrons. The van der Waals surface area contributed by atoms with Gasteiger partial charge < -0.3 is 15.5 Å². The zero-order chi connectivity index (χ0) is 18.2. The topological polar surface area (TPSA) is 39.7 Å². The maximum Gasteiger partial charge on any atom is 0.196 e. The van der Waals surface area contributed by atoms with Crippen molar-refractivity contribution < 1.29 is 0 Å². The summed E-state index contributed by atoms with van der Waals surface area (Å²) in [4.78, 5) is 7.22. The molecule has 0 aromatic heterocycles. The van der Waals surface area contributed by atoms with Crippen molar-refractivity contribution in [1.29, 1.82) is 0 Å². The second-order valence-corrected chi connectivity index (χ2v) is 7.29. The minimum Gasteiger partial charge on any atom is -0.356 e. The number of nitrogens with zero attached hydrogens (tertiary/aromatic N) is 2. The van der Waals surface area contributed by atoms with Crippen molar-refractivity contribution in [3.8, 4) is 0 Å². The Bertz CT molecular complexity index is 694. The standard InChI is InChI=1S/C22H30N4/c1-18-10-12-19(13-11-18)15-23-22(25-21-8-4-3-5-9-21)24-16-20-7-6-14-26(2)17-20/h3-5,8-13,20H,6-7,14-17H2,1-2H3,(H2,23,24,25). The first kappa shape index (κ1) is 18.5. The van der Waals surface area contributed by atoms with Crippen molar-refractivity contribution >= 4 is 11.6 Å². The Kier molecular flexibility index (Phi) is 6.67. The first-order valence-electron chi connectivity index (χ1n) is 9.53. The zero-order valence-electron chi connectivity index (χ0n) is 15.9. The highest BCUT2D eigenvalue weighted by Crippen LogP contribution is 2.14. The van der Waals surface area contributed by atoms with E-state index >= 15 is 0 Å². The number of rotatable bonds is 5. The molecule has 0 saturated carbocycles. The van der Waals surface area contributed by atoms with E-state index in [2.05, 4.69) is 65.9 Å². The van der Waals surface area contributed by atoms with Crippen molar-refractivity contribution in [3.63, 3.8) is 0 Å². The fourth-order valence-electron chi connectivity index (χ4n) is 3.34. The van der Waals surface area contributed by atoms with Crippen LogP contribution in [0.15, 0.2) is 59.6 Å². The average Bonchev–Trinajstić information content (AvgIpc) is 2.66. The van der Waals surface area contributed by atoms with Crippen molar-refractivity contribution in [2.45, 2.75) is 26.3 Å². The van der Waals surface area contributed by atoms with Crippen LogP contribution in [-0.4, -0.2) is 37.5 Å². The molecule has 0 aliphatic carbocycles. The molecule has 1 saturated heterocycles. The van der Waals surface area contributed by atoms with E-state index in [4.69, 9.17) is 4.99 Å². The molecule has 1 heterocycles. The lowest BCUT2D eigenvalue weighted by Gasteiger charge is -2.30. The molecule has 4 nitrogen and oxygen atoms in total. The molecule has 0 bridgehead atoms. The summed E-state index contributed by atoms with van der Waals surface area (Å²) >= 11 is 0. The number of aryl methyl sites for hydroxylation is 1. The van der Waals surface area contributed by atoms with Gasteiger partial charge in [-0.05, 0) is 57.0 Å². The molecule has 0 amide bonds. The molecule has 2 N–H and O–H groups in total. The fourth-order valence-corrected chi connectivity index (χ4v) is 3.34. The van der Waals surface area contributed by atoms with Gasteiger partial charge in [0.25, 0.3) is 0 Å². The van der Waals surface area contributed by atoms with Gasteiger partial charge in [-0.15, -0.1) is 0 Å². The molecular weight excluding hydrogens is 320 g/mol. The van der Waals surface area contributed by atoms with Gasteiger partial charge in [0.05, 0.1) is 6.54 Å². The number of benzene rings is 2. The number of hydrogen-bond acceptors (Lipinski definition) is 2. The highest BCUT2D eigenvalue weighted by Gasteiger charge is 2.17. The van der Waals surface area contributed by atoms with Gasteiger partial charge in [0, 0.05) is 18.8 Å². The summed E-state index contributed by atoms with van der Waals surface area (Å²) in [5.74, 6) is 1.53. The first-order chi connectivity index (χ1) is 12.7. The number of likely N-dealkylation sites (tertiary alicyclic amines) is 1. The van der Waals surface area contributed by atoms with E-state index in [0.29, 0.717) is 12.5 Å². The summed E-state index contributed by atoms with van der Waals surface area (Å²) < 4.78 is 0. The molecule has 1 unspecified atom stereocenters. The van der Waals surface area contributed by atoms with Crippen LogP contribution < -0.4 is 10.6 Å². The average molecular weight is 351 g/mol. The highest BCUT2D eigenvalue weighted by atomic mass is 15.2. The third kappa shape index (κ3) is 5.88. The van der Waals surface area contributed by atoms with Gasteiger partial charge in [0.2, 0.25) is 0 Å². The van der Waals surface area contributed by atoms with Gasteiger partial charge in [0.1, 0.15) is 0 Å². The summed E-state index contributed by atoms with van der Waals surface area (Å²) in [6.45, 7) is 6.11. The molecule has 1 atom stereocenters. The van der Waals surface area contributed by atoms with Crippen LogP contribution in [-0.2, 0) is 6.54 Å². The second-order valence-electron chi connectivity index (χ2n) is 7.29. The quantitative estimate of drug-likeness (QED) is 0.635. The Labute approximate surface area is 157 Å². The smallest absolute Gasteiger partial charge is 0.196 e. The maximum absolute atomic E-state index is 4.80. The second kappa shape index (κ2) is 9.39. The summed E-state index contributed by atoms with van der Waals surface area (Å²) in [5.41, 5.74) is 3.56. The molecule has 26 heavy (non-hydrogen) atoms.